The molecule has 1 amide bonds. The van der Waals surface area contributed by atoms with Crippen LogP contribution < -0.4 is 14.9 Å². The van der Waals surface area contributed by atoms with E-state index in [1.54, 1.807) is 18.2 Å². The van der Waals surface area contributed by atoms with E-state index in [9.17, 15) is 13.2 Å². The van der Waals surface area contributed by atoms with Crippen molar-refractivity contribution in [3.8, 4) is 11.3 Å². The van der Waals surface area contributed by atoms with E-state index in [0.717, 1.165) is 30.6 Å². The van der Waals surface area contributed by atoms with E-state index >= 15 is 0 Å². The van der Waals surface area contributed by atoms with Crippen LogP contribution in [0.5, 0.6) is 0 Å². The van der Waals surface area contributed by atoms with Gasteiger partial charge in [0.2, 0.25) is 11.9 Å². The average Bonchev–Trinajstić information content (AvgIpc) is 2.94. The maximum absolute atomic E-state index is 13.0. The Morgan fingerprint density at radius 2 is 1.68 bits per heavy atom. The standard InChI is InChI=1S/C26H24ClN7O3S/c27-20-6-4-18(5-7-20)23-12-13-24(32-31-23)34-16-1-3-19(17-34)25(35)30-21-8-10-22(11-9-21)38(36,37)33-26-28-14-2-15-29-26/h2,4-15,19H,1,3,16-17H2,(H,30,35)(H,28,29,33). The van der Waals surface area contributed by atoms with Gasteiger partial charge in [0.15, 0.2) is 5.82 Å². The third kappa shape index (κ3) is 6.06. The average molecular weight is 550 g/mol. The van der Waals surface area contributed by atoms with Crippen LogP contribution in [-0.2, 0) is 14.8 Å². The molecule has 38 heavy (non-hydrogen) atoms. The maximum atomic E-state index is 13.0. The molecule has 0 saturated carbocycles. The molecule has 0 bridgehead atoms. The van der Waals surface area contributed by atoms with Gasteiger partial charge in [-0.15, -0.1) is 10.2 Å². The van der Waals surface area contributed by atoms with Crippen molar-refractivity contribution in [3.05, 3.63) is 84.1 Å². The number of carbonyl (C=O) groups excluding carboxylic acids is 1. The van der Waals surface area contributed by atoms with Crippen LogP contribution in [-0.4, -0.2) is 47.6 Å². The minimum Gasteiger partial charge on any atom is -0.354 e. The molecule has 0 radical (unpaired) electrons. The second kappa shape index (κ2) is 11.1. The normalized spacial score (nSPS) is 15.6. The van der Waals surface area contributed by atoms with Crippen LogP contribution in [0.4, 0.5) is 17.5 Å². The summed E-state index contributed by atoms with van der Waals surface area (Å²) in [5, 5.41) is 12.3. The van der Waals surface area contributed by atoms with Gasteiger partial charge in [0, 0.05) is 41.8 Å². The van der Waals surface area contributed by atoms with E-state index in [2.05, 4.69) is 35.1 Å². The highest BCUT2D eigenvalue weighted by atomic mass is 35.5. The number of hydrogen-bond donors (Lipinski definition) is 2. The highest BCUT2D eigenvalue weighted by Crippen LogP contribution is 2.25. The van der Waals surface area contributed by atoms with Crippen LogP contribution in [0.1, 0.15) is 12.8 Å². The number of nitrogens with zero attached hydrogens (tertiary/aromatic N) is 5. The van der Waals surface area contributed by atoms with Crippen LogP contribution in [0.15, 0.2) is 84.0 Å². The van der Waals surface area contributed by atoms with Crippen molar-refractivity contribution in [3.63, 3.8) is 0 Å². The van der Waals surface area contributed by atoms with Gasteiger partial charge in [-0.25, -0.2) is 23.1 Å². The molecule has 10 nitrogen and oxygen atoms in total. The third-order valence-electron chi connectivity index (χ3n) is 6.13. The van der Waals surface area contributed by atoms with Crippen molar-refractivity contribution in [1.82, 2.24) is 20.2 Å². The Hall–Kier alpha value is -4.09. The summed E-state index contributed by atoms with van der Waals surface area (Å²) < 4.78 is 27.5. The zero-order chi connectivity index (χ0) is 26.5. The van der Waals surface area contributed by atoms with Crippen molar-refractivity contribution in [2.45, 2.75) is 17.7 Å². The van der Waals surface area contributed by atoms with Crippen molar-refractivity contribution in [2.75, 3.05) is 28.0 Å². The first-order valence-electron chi connectivity index (χ1n) is 11.9. The lowest BCUT2D eigenvalue weighted by Gasteiger charge is -2.32. The fourth-order valence-electron chi connectivity index (χ4n) is 4.16. The SMILES string of the molecule is O=C(Nc1ccc(S(=O)(=O)Nc2ncccn2)cc1)C1CCCN(c2ccc(-c3ccc(Cl)cc3)nn2)C1. The molecule has 194 valence electrons. The lowest BCUT2D eigenvalue weighted by molar-refractivity contribution is -0.120. The van der Waals surface area contributed by atoms with E-state index in [1.165, 1.54) is 24.5 Å². The zero-order valence-corrected chi connectivity index (χ0v) is 21.7. The summed E-state index contributed by atoms with van der Waals surface area (Å²) in [6.07, 6.45) is 4.47. The third-order valence-corrected chi connectivity index (χ3v) is 7.73. The second-order valence-corrected chi connectivity index (χ2v) is 10.9. The van der Waals surface area contributed by atoms with Crippen molar-refractivity contribution in [2.24, 2.45) is 5.92 Å². The quantitative estimate of drug-likeness (QED) is 0.350. The van der Waals surface area contributed by atoms with Crippen molar-refractivity contribution >= 4 is 45.0 Å². The van der Waals surface area contributed by atoms with Gasteiger partial charge in [0.1, 0.15) is 0 Å². The summed E-state index contributed by atoms with van der Waals surface area (Å²) >= 11 is 5.96. The van der Waals surface area contributed by atoms with Gasteiger partial charge >= 0.3 is 0 Å². The monoisotopic (exact) mass is 549 g/mol. The molecule has 1 saturated heterocycles. The first kappa shape index (κ1) is 25.6. The van der Waals surface area contributed by atoms with Gasteiger partial charge in [0.25, 0.3) is 10.0 Å². The molecule has 1 atom stereocenters. The fourth-order valence-corrected chi connectivity index (χ4v) is 5.24. The molecule has 12 heteroatoms. The van der Waals surface area contributed by atoms with E-state index in [-0.39, 0.29) is 22.7 Å². The number of aromatic nitrogens is 4. The minimum absolute atomic E-state index is 0.0176. The molecule has 1 unspecified atom stereocenters. The molecule has 2 aromatic carbocycles. The smallest absolute Gasteiger partial charge is 0.264 e. The molecule has 2 aromatic heterocycles. The van der Waals surface area contributed by atoms with Gasteiger partial charge in [-0.05, 0) is 67.4 Å². The molecule has 0 aliphatic carbocycles. The number of nitrogens with one attached hydrogen (secondary N) is 2. The minimum atomic E-state index is -3.85. The van der Waals surface area contributed by atoms with E-state index < -0.39 is 10.0 Å². The number of sulfonamides is 1. The first-order chi connectivity index (χ1) is 18.4. The number of anilines is 3. The number of benzene rings is 2. The van der Waals surface area contributed by atoms with E-state index in [0.29, 0.717) is 23.1 Å². The second-order valence-electron chi connectivity index (χ2n) is 8.76. The number of halogens is 1. The van der Waals surface area contributed by atoms with Crippen LogP contribution >= 0.6 is 11.6 Å². The zero-order valence-electron chi connectivity index (χ0n) is 20.2. The van der Waals surface area contributed by atoms with Gasteiger partial charge < -0.3 is 10.2 Å². The molecule has 3 heterocycles. The highest BCUT2D eigenvalue weighted by Gasteiger charge is 2.27. The largest absolute Gasteiger partial charge is 0.354 e. The Labute approximate surface area is 225 Å². The molecule has 2 N–H and O–H groups in total. The summed E-state index contributed by atoms with van der Waals surface area (Å²) in [4.78, 5) is 22.8. The van der Waals surface area contributed by atoms with Crippen LogP contribution in [0, 0.1) is 5.92 Å². The lowest BCUT2D eigenvalue weighted by Crippen LogP contribution is -2.41. The highest BCUT2D eigenvalue weighted by molar-refractivity contribution is 7.92. The predicted molar refractivity (Wildman–Crippen MR) is 145 cm³/mol. The van der Waals surface area contributed by atoms with Crippen LogP contribution in [0.25, 0.3) is 11.3 Å². The lowest BCUT2D eigenvalue weighted by atomic mass is 9.97. The topological polar surface area (TPSA) is 130 Å². The molecular formula is C26H24ClN7O3S. The predicted octanol–water partition coefficient (Wildman–Crippen LogP) is 4.24. The molecular weight excluding hydrogens is 526 g/mol. The molecule has 4 aromatic rings. The summed E-state index contributed by atoms with van der Waals surface area (Å²) in [7, 11) is -3.85. The summed E-state index contributed by atoms with van der Waals surface area (Å²) in [6, 6.07) is 18.8. The number of piperidine rings is 1. The number of amides is 1. The summed E-state index contributed by atoms with van der Waals surface area (Å²) in [6.45, 7) is 1.29. The Morgan fingerprint density at radius 1 is 0.947 bits per heavy atom. The van der Waals surface area contributed by atoms with Gasteiger partial charge in [-0.1, -0.05) is 23.7 Å². The Kier molecular flexibility index (Phi) is 7.47. The van der Waals surface area contributed by atoms with E-state index in [1.807, 2.05) is 36.4 Å². The Bertz CT molecular complexity index is 1500. The van der Waals surface area contributed by atoms with Crippen molar-refractivity contribution in [1.29, 1.82) is 0 Å². The molecule has 1 aliphatic heterocycles. The summed E-state index contributed by atoms with van der Waals surface area (Å²) in [5.74, 6) is 0.314. The summed E-state index contributed by atoms with van der Waals surface area (Å²) in [5.41, 5.74) is 2.18. The van der Waals surface area contributed by atoms with Gasteiger partial charge in [-0.2, -0.15) is 0 Å². The molecule has 0 spiro atoms. The Morgan fingerprint density at radius 3 is 2.37 bits per heavy atom. The molecule has 1 aliphatic rings. The van der Waals surface area contributed by atoms with Crippen LogP contribution in [0.3, 0.4) is 0 Å². The number of rotatable bonds is 7. The first-order valence-corrected chi connectivity index (χ1v) is 13.8. The van der Waals surface area contributed by atoms with Gasteiger partial charge in [-0.3, -0.25) is 4.79 Å². The molecule has 5 rings (SSSR count). The molecule has 1 fully saturated rings. The Balaban J connectivity index is 1.20. The van der Waals surface area contributed by atoms with E-state index in [4.69, 9.17) is 11.6 Å². The number of carbonyl (C=O) groups is 1. The van der Waals surface area contributed by atoms with Crippen LogP contribution in [0.2, 0.25) is 5.02 Å². The number of hydrogen-bond acceptors (Lipinski definition) is 8. The fraction of sp³-hybridized carbons (Fsp3) is 0.192. The van der Waals surface area contributed by atoms with Crippen molar-refractivity contribution < 1.29 is 13.2 Å². The maximum Gasteiger partial charge on any atom is 0.264 e. The van der Waals surface area contributed by atoms with Gasteiger partial charge in [0.05, 0.1) is 16.5 Å².